The van der Waals surface area contributed by atoms with Crippen molar-refractivity contribution in [1.29, 1.82) is 0 Å². The second-order valence-electron chi connectivity index (χ2n) is 9.03. The van der Waals surface area contributed by atoms with Gasteiger partial charge in [0, 0.05) is 5.56 Å². The predicted octanol–water partition coefficient (Wildman–Crippen LogP) is 8.46. The summed E-state index contributed by atoms with van der Waals surface area (Å²) in [4.78, 5) is 0. The Kier molecular flexibility index (Phi) is 8.06. The maximum absolute atomic E-state index is 15.0. The molecule has 0 bridgehead atoms. The van der Waals surface area contributed by atoms with Crippen LogP contribution < -0.4 is 4.74 Å². The topological polar surface area (TPSA) is 18.5 Å². The van der Waals surface area contributed by atoms with Gasteiger partial charge in [0.15, 0.2) is 0 Å². The molecule has 35 heavy (non-hydrogen) atoms. The van der Waals surface area contributed by atoms with Crippen LogP contribution in [0, 0.1) is 0 Å². The summed E-state index contributed by atoms with van der Waals surface area (Å²) >= 11 is 0. The maximum atomic E-state index is 15.0. The molecule has 0 saturated carbocycles. The number of methoxy groups -OCH3 is 1. The molecule has 1 rings (SSSR count). The van der Waals surface area contributed by atoms with Gasteiger partial charge < -0.3 is 9.16 Å². The summed E-state index contributed by atoms with van der Waals surface area (Å²) in [5.41, 5.74) is -0.713. The molecule has 1 aromatic rings. The molecular formula is C20H22F12O2Si. The number of ether oxygens (including phenoxy) is 1. The van der Waals surface area contributed by atoms with E-state index < -0.39 is 60.4 Å². The van der Waals surface area contributed by atoms with Crippen molar-refractivity contribution in [2.45, 2.75) is 68.8 Å². The first-order chi connectivity index (χ1) is 15.3. The zero-order valence-electron chi connectivity index (χ0n) is 19.2. The molecule has 0 aliphatic rings. The number of benzene rings is 1. The molecule has 0 aromatic heterocycles. The highest BCUT2D eigenvalue weighted by atomic mass is 28.4. The molecule has 0 atom stereocenters. The zero-order chi connectivity index (χ0) is 28.1. The number of hydrogen-bond acceptors (Lipinski definition) is 2. The second kappa shape index (κ2) is 9.11. The highest BCUT2D eigenvalue weighted by Gasteiger charge is 2.88. The fourth-order valence-electron chi connectivity index (χ4n) is 2.23. The van der Waals surface area contributed by atoms with Crippen LogP contribution in [-0.2, 0) is 4.43 Å². The van der Waals surface area contributed by atoms with Crippen molar-refractivity contribution in [3.05, 3.63) is 35.7 Å². The van der Waals surface area contributed by atoms with Gasteiger partial charge in [0.1, 0.15) is 11.5 Å². The molecule has 0 fully saturated rings. The van der Waals surface area contributed by atoms with Crippen molar-refractivity contribution in [1.82, 2.24) is 0 Å². The lowest BCUT2D eigenvalue weighted by Gasteiger charge is -2.39. The third kappa shape index (κ3) is 5.24. The molecule has 0 aliphatic heterocycles. The van der Waals surface area contributed by atoms with Crippen LogP contribution in [0.3, 0.4) is 0 Å². The van der Waals surface area contributed by atoms with Crippen LogP contribution in [0.15, 0.2) is 30.1 Å². The van der Waals surface area contributed by atoms with E-state index in [0.717, 1.165) is 24.3 Å². The summed E-state index contributed by atoms with van der Waals surface area (Å²) in [5.74, 6) is -34.9. The third-order valence-corrected chi connectivity index (χ3v) is 9.86. The molecule has 0 radical (unpaired) electrons. The number of allylic oxidation sites excluding steroid dienone is 1. The first kappa shape index (κ1) is 31.0. The minimum absolute atomic E-state index is 0.0641. The van der Waals surface area contributed by atoms with E-state index >= 15 is 0 Å². The molecule has 0 aliphatic carbocycles. The highest BCUT2D eigenvalue weighted by Crippen LogP contribution is 2.59. The summed E-state index contributed by atoms with van der Waals surface area (Å²) < 4.78 is 173. The van der Waals surface area contributed by atoms with Crippen LogP contribution >= 0.6 is 0 Å². The Morgan fingerprint density at radius 2 is 1.14 bits per heavy atom. The van der Waals surface area contributed by atoms with Gasteiger partial charge in [-0.1, -0.05) is 20.8 Å². The molecule has 0 N–H and O–H groups in total. The SMILES string of the molecule is COc1ccc(/C(O[Si](C)(C)C(C)(C)C)=C(\F)C(F)(F)C(F)(F)C(F)(F)C(F)(F)C(F)(F)F)cc1. The van der Waals surface area contributed by atoms with Gasteiger partial charge >= 0.3 is 29.9 Å². The van der Waals surface area contributed by atoms with Gasteiger partial charge in [-0.05, 0) is 42.4 Å². The second-order valence-corrected chi connectivity index (χ2v) is 13.8. The molecule has 0 spiro atoms. The molecule has 0 heterocycles. The Balaban J connectivity index is 3.89. The van der Waals surface area contributed by atoms with E-state index in [1.54, 1.807) is 0 Å². The normalized spacial score (nSPS) is 15.6. The maximum Gasteiger partial charge on any atom is 0.460 e. The molecular weight excluding hydrogens is 528 g/mol. The zero-order valence-corrected chi connectivity index (χ0v) is 20.2. The molecule has 0 saturated heterocycles. The highest BCUT2D eigenvalue weighted by molar-refractivity contribution is 6.74. The Morgan fingerprint density at radius 3 is 1.49 bits per heavy atom. The molecule has 202 valence electrons. The smallest absolute Gasteiger partial charge is 0.460 e. The van der Waals surface area contributed by atoms with Crippen molar-refractivity contribution >= 4 is 14.1 Å². The summed E-state index contributed by atoms with van der Waals surface area (Å²) in [6.45, 7) is 7.17. The van der Waals surface area contributed by atoms with Crippen molar-refractivity contribution in [3.63, 3.8) is 0 Å². The van der Waals surface area contributed by atoms with Crippen LogP contribution in [-0.4, -0.2) is 45.3 Å². The van der Waals surface area contributed by atoms with Gasteiger partial charge in [0.05, 0.1) is 7.11 Å². The average molecular weight is 550 g/mol. The number of rotatable bonds is 8. The number of hydrogen-bond donors (Lipinski definition) is 0. The van der Waals surface area contributed by atoms with Crippen molar-refractivity contribution in [2.24, 2.45) is 0 Å². The van der Waals surface area contributed by atoms with E-state index in [2.05, 4.69) is 0 Å². The summed E-state index contributed by atoms with van der Waals surface area (Å²) in [6.07, 6.45) is -7.35. The summed E-state index contributed by atoms with van der Waals surface area (Å²) in [6, 6.07) is 3.69. The van der Waals surface area contributed by atoms with Crippen LogP contribution in [0.4, 0.5) is 52.7 Å². The predicted molar refractivity (Wildman–Crippen MR) is 105 cm³/mol. The minimum Gasteiger partial charge on any atom is -0.541 e. The summed E-state index contributed by atoms with van der Waals surface area (Å²) in [7, 11) is -2.23. The Labute approximate surface area is 194 Å². The van der Waals surface area contributed by atoms with Crippen molar-refractivity contribution < 1.29 is 61.8 Å². The lowest BCUT2D eigenvalue weighted by Crippen LogP contribution is -2.66. The average Bonchev–Trinajstić information content (AvgIpc) is 2.69. The van der Waals surface area contributed by atoms with Crippen LogP contribution in [0.2, 0.25) is 18.1 Å². The fourth-order valence-corrected chi connectivity index (χ4v) is 3.26. The van der Waals surface area contributed by atoms with E-state index in [4.69, 9.17) is 9.16 Å². The minimum atomic E-state index is -7.75. The van der Waals surface area contributed by atoms with Gasteiger partial charge in [-0.15, -0.1) is 0 Å². The lowest BCUT2D eigenvalue weighted by molar-refractivity contribution is -0.419. The Hall–Kier alpha value is -2.06. The van der Waals surface area contributed by atoms with Gasteiger partial charge in [-0.2, -0.15) is 48.3 Å². The van der Waals surface area contributed by atoms with Crippen LogP contribution in [0.1, 0.15) is 26.3 Å². The van der Waals surface area contributed by atoms with E-state index in [0.29, 0.717) is 0 Å². The van der Waals surface area contributed by atoms with E-state index in [-0.39, 0.29) is 5.75 Å². The number of halogens is 12. The largest absolute Gasteiger partial charge is 0.541 e. The van der Waals surface area contributed by atoms with Crippen molar-refractivity contribution in [2.75, 3.05) is 7.11 Å². The standard InChI is InChI=1S/C20H22F12O2Si/c1-15(2,3)35(5,6)34-13(11-7-9-12(33-4)10-8-11)14(21)16(22,23)17(24,25)18(26,27)19(28,29)20(30,31)32/h7-10H,1-6H3/b14-13+. The van der Waals surface area contributed by atoms with Crippen LogP contribution in [0.5, 0.6) is 5.75 Å². The first-order valence-corrected chi connectivity index (χ1v) is 12.5. The fraction of sp³-hybridized carbons (Fsp3) is 0.600. The van der Waals surface area contributed by atoms with E-state index in [1.807, 2.05) is 0 Å². The summed E-state index contributed by atoms with van der Waals surface area (Å²) in [5, 5.41) is -0.907. The van der Waals surface area contributed by atoms with Gasteiger partial charge in [-0.25, -0.2) is 4.39 Å². The van der Waals surface area contributed by atoms with E-state index in [9.17, 15) is 52.7 Å². The monoisotopic (exact) mass is 550 g/mol. The molecule has 0 unspecified atom stereocenters. The number of alkyl halides is 11. The van der Waals surface area contributed by atoms with Crippen LogP contribution in [0.25, 0.3) is 5.76 Å². The lowest BCUT2D eigenvalue weighted by atomic mass is 9.96. The van der Waals surface area contributed by atoms with Gasteiger partial charge in [-0.3, -0.25) is 0 Å². The molecule has 15 heteroatoms. The molecule has 0 amide bonds. The third-order valence-electron chi connectivity index (χ3n) is 5.53. The first-order valence-electron chi connectivity index (χ1n) is 9.61. The van der Waals surface area contributed by atoms with Gasteiger partial charge in [0.2, 0.25) is 5.83 Å². The van der Waals surface area contributed by atoms with E-state index in [1.165, 1.54) is 41.0 Å². The quantitative estimate of drug-likeness (QED) is 0.184. The molecule has 1 aromatic carbocycles. The molecule has 2 nitrogen and oxygen atoms in total. The van der Waals surface area contributed by atoms with Gasteiger partial charge in [0.25, 0.3) is 8.32 Å². The Morgan fingerprint density at radius 1 is 0.714 bits per heavy atom. The Bertz CT molecular complexity index is 929. The van der Waals surface area contributed by atoms with Crippen molar-refractivity contribution in [3.8, 4) is 5.75 Å².